The Bertz CT molecular complexity index is 957. The zero-order chi connectivity index (χ0) is 28.5. The third-order valence-electron chi connectivity index (χ3n) is 5.11. The van der Waals surface area contributed by atoms with E-state index in [4.69, 9.17) is 0 Å². The fraction of sp³-hybridized carbons (Fsp3) is 0.500. The van der Waals surface area contributed by atoms with Crippen molar-refractivity contribution in [2.75, 3.05) is 32.6 Å². The summed E-state index contributed by atoms with van der Waals surface area (Å²) in [4.78, 5) is 2.58. The summed E-state index contributed by atoms with van der Waals surface area (Å²) in [7, 11) is 3.46. The molecule has 5 N–H and O–H groups in total. The van der Waals surface area contributed by atoms with Crippen LogP contribution >= 0.6 is 11.3 Å². The van der Waals surface area contributed by atoms with Gasteiger partial charge in [0.1, 0.15) is 17.3 Å². The summed E-state index contributed by atoms with van der Waals surface area (Å²) in [5, 5.41) is 20.4. The molecule has 0 amide bonds. The van der Waals surface area contributed by atoms with Gasteiger partial charge in [-0.2, -0.15) is 0 Å². The number of hydrogen-bond acceptors (Lipinski definition) is 7. The average molecular weight is 540 g/mol. The van der Waals surface area contributed by atoms with Gasteiger partial charge in [0.05, 0.1) is 24.5 Å². The van der Waals surface area contributed by atoms with Crippen LogP contribution in [0.15, 0.2) is 36.5 Å². The van der Waals surface area contributed by atoms with E-state index in [-0.39, 0.29) is 18.3 Å². The minimum Gasteiger partial charge on any atom is -0.394 e. The molecule has 2 atom stereocenters. The molecule has 0 bridgehead atoms. The van der Waals surface area contributed by atoms with Crippen molar-refractivity contribution >= 4 is 28.3 Å². The number of aliphatic hydroxyl groups excluding tert-OH is 1. The molecule has 37 heavy (non-hydrogen) atoms. The van der Waals surface area contributed by atoms with Crippen LogP contribution in [0, 0.1) is 18.6 Å². The fourth-order valence-corrected chi connectivity index (χ4v) is 4.45. The van der Waals surface area contributed by atoms with Crippen molar-refractivity contribution in [3.05, 3.63) is 63.5 Å². The molecule has 0 radical (unpaired) electrons. The lowest BCUT2D eigenvalue weighted by atomic mass is 10.1. The molecule has 1 aromatic carbocycles. The van der Waals surface area contributed by atoms with Gasteiger partial charge in [-0.3, -0.25) is 5.32 Å². The number of nitrogens with zero attached hydrogens (tertiary/aromatic N) is 1. The Morgan fingerprint density at radius 2 is 1.70 bits per heavy atom. The number of nitrogens with one attached hydrogen (secondary N) is 4. The first-order valence-corrected chi connectivity index (χ1v) is 13.9. The number of hydrazine groups is 1. The quantitative estimate of drug-likeness (QED) is 0.320. The second-order valence-electron chi connectivity index (χ2n) is 7.40. The largest absolute Gasteiger partial charge is 0.394 e. The first-order valence-electron chi connectivity index (χ1n) is 13.1. The molecular formula is C28H47F2N5OS. The smallest absolute Gasteiger partial charge is 0.149 e. The van der Waals surface area contributed by atoms with Crippen LogP contribution in [0.3, 0.4) is 0 Å². The third-order valence-corrected chi connectivity index (χ3v) is 6.23. The van der Waals surface area contributed by atoms with Crippen LogP contribution in [0.5, 0.6) is 0 Å². The normalized spacial score (nSPS) is 17.6. The van der Waals surface area contributed by atoms with Gasteiger partial charge in [0, 0.05) is 42.2 Å². The van der Waals surface area contributed by atoms with E-state index in [2.05, 4.69) is 53.6 Å². The monoisotopic (exact) mass is 539 g/mol. The van der Waals surface area contributed by atoms with Gasteiger partial charge in [0.2, 0.25) is 0 Å². The number of benzene rings is 1. The summed E-state index contributed by atoms with van der Waals surface area (Å²) in [6.45, 7) is 17.3. The number of hydrogen-bond donors (Lipinski definition) is 5. The van der Waals surface area contributed by atoms with E-state index >= 15 is 0 Å². The Kier molecular flexibility index (Phi) is 17.5. The van der Waals surface area contributed by atoms with Gasteiger partial charge < -0.3 is 20.7 Å². The van der Waals surface area contributed by atoms with E-state index in [1.807, 2.05) is 64.9 Å². The molecule has 210 valence electrons. The molecule has 2 unspecified atom stereocenters. The van der Waals surface area contributed by atoms with Gasteiger partial charge >= 0.3 is 0 Å². The highest BCUT2D eigenvalue weighted by atomic mass is 32.1. The van der Waals surface area contributed by atoms with E-state index in [9.17, 15) is 13.9 Å². The van der Waals surface area contributed by atoms with Crippen LogP contribution < -0.4 is 21.4 Å². The molecule has 2 aliphatic heterocycles. The lowest BCUT2D eigenvalue weighted by Gasteiger charge is -2.21. The zero-order valence-electron chi connectivity index (χ0n) is 24.1. The molecule has 2 aromatic rings. The number of rotatable bonds is 4. The van der Waals surface area contributed by atoms with Crippen molar-refractivity contribution in [2.24, 2.45) is 0 Å². The van der Waals surface area contributed by atoms with Gasteiger partial charge in [-0.25, -0.2) is 14.2 Å². The second-order valence-corrected chi connectivity index (χ2v) is 8.65. The van der Waals surface area contributed by atoms with Crippen molar-refractivity contribution in [3.8, 4) is 0 Å². The summed E-state index contributed by atoms with van der Waals surface area (Å²) in [5.41, 5.74) is 6.82. The minimum atomic E-state index is -0.567. The molecule has 4 rings (SSSR count). The predicted octanol–water partition coefficient (Wildman–Crippen LogP) is 6.17. The predicted molar refractivity (Wildman–Crippen MR) is 157 cm³/mol. The Labute approximate surface area is 226 Å². The van der Waals surface area contributed by atoms with Gasteiger partial charge in [-0.15, -0.1) is 11.3 Å². The Morgan fingerprint density at radius 3 is 2.14 bits per heavy atom. The minimum absolute atomic E-state index is 0.00540. The van der Waals surface area contributed by atoms with Crippen LogP contribution in [0.25, 0.3) is 11.3 Å². The van der Waals surface area contributed by atoms with Crippen LogP contribution in [0.4, 0.5) is 14.5 Å². The lowest BCUT2D eigenvalue weighted by Crippen LogP contribution is -2.41. The summed E-state index contributed by atoms with van der Waals surface area (Å²) >= 11 is 1.81. The molecule has 6 nitrogen and oxygen atoms in total. The number of aryl methyl sites for hydroxylation is 1. The lowest BCUT2D eigenvalue weighted by molar-refractivity contribution is 0.229. The van der Waals surface area contributed by atoms with Crippen LogP contribution in [-0.2, 0) is 0 Å². The van der Waals surface area contributed by atoms with Gasteiger partial charge in [-0.05, 0) is 43.7 Å². The van der Waals surface area contributed by atoms with Crippen LogP contribution in [0.2, 0.25) is 0 Å². The van der Waals surface area contributed by atoms with E-state index in [0.717, 1.165) is 12.2 Å². The summed E-state index contributed by atoms with van der Waals surface area (Å²) in [6.07, 6.45) is 4.53. The molecule has 0 aliphatic carbocycles. The molecule has 2 aliphatic rings. The van der Waals surface area contributed by atoms with Crippen LogP contribution in [0.1, 0.15) is 63.8 Å². The number of thiophene rings is 1. The zero-order valence-corrected chi connectivity index (χ0v) is 24.9. The summed E-state index contributed by atoms with van der Waals surface area (Å²) in [5.74, 6) is -1.13. The third kappa shape index (κ3) is 10.1. The number of para-hydroxylation sites is 1. The van der Waals surface area contributed by atoms with Crippen LogP contribution in [-0.4, -0.2) is 49.6 Å². The highest BCUT2D eigenvalue weighted by Crippen LogP contribution is 2.34. The Balaban J connectivity index is 0.000000682. The SMILES string of the molecule is CC.CC.CC.CNc1c(F)cccc1F.Cc1sc(C2=CNC(C)NC2)cc1C1=CC(CO)NN1C. The molecule has 1 aromatic heterocycles. The van der Waals surface area contributed by atoms with E-state index < -0.39 is 11.6 Å². The molecule has 3 heterocycles. The summed E-state index contributed by atoms with van der Waals surface area (Å²) < 4.78 is 25.1. The topological polar surface area (TPSA) is 71.6 Å². The van der Waals surface area contributed by atoms with E-state index in [1.165, 1.54) is 46.1 Å². The summed E-state index contributed by atoms with van der Waals surface area (Å²) in [6, 6.07) is 5.98. The maximum atomic E-state index is 12.5. The fourth-order valence-electron chi connectivity index (χ4n) is 3.41. The standard InChI is InChI=1S/C15H22N4OS.C7H7F2N.3C2H6/c1-9-13(14-4-12(8-20)18-19(14)3)5-15(21-9)11-6-16-10(2)17-7-11;1-10-7-5(8)3-2-4-6(7)9;3*1-2/h4-6,10,12,16-18,20H,7-8H2,1-3H3;2-4,10H,1H3;3*1-2H3. The molecule has 9 heteroatoms. The highest BCUT2D eigenvalue weighted by molar-refractivity contribution is 7.13. The Hall–Kier alpha value is -2.46. The average Bonchev–Trinajstić information content (AvgIpc) is 3.50. The highest BCUT2D eigenvalue weighted by Gasteiger charge is 2.23. The maximum absolute atomic E-state index is 12.5. The number of aliphatic hydroxyl groups is 1. The molecule has 0 saturated carbocycles. The molecular weight excluding hydrogens is 492 g/mol. The van der Waals surface area contributed by atoms with Crippen molar-refractivity contribution < 1.29 is 13.9 Å². The maximum Gasteiger partial charge on any atom is 0.149 e. The molecule has 0 spiro atoms. The first-order chi connectivity index (χ1) is 17.8. The van der Waals surface area contributed by atoms with E-state index in [1.54, 1.807) is 0 Å². The van der Waals surface area contributed by atoms with Crippen molar-refractivity contribution in [3.63, 3.8) is 0 Å². The van der Waals surface area contributed by atoms with Crippen molar-refractivity contribution in [2.45, 2.75) is 67.6 Å². The van der Waals surface area contributed by atoms with Gasteiger partial charge in [0.25, 0.3) is 0 Å². The van der Waals surface area contributed by atoms with E-state index in [0.29, 0.717) is 6.17 Å². The number of anilines is 1. The van der Waals surface area contributed by atoms with Gasteiger partial charge in [-0.1, -0.05) is 47.6 Å². The first kappa shape index (κ1) is 34.5. The second kappa shape index (κ2) is 18.7. The Morgan fingerprint density at radius 1 is 1.11 bits per heavy atom. The van der Waals surface area contributed by atoms with Gasteiger partial charge in [0.15, 0.2) is 0 Å². The van der Waals surface area contributed by atoms with Crippen molar-refractivity contribution in [1.29, 1.82) is 0 Å². The van der Waals surface area contributed by atoms with Crippen molar-refractivity contribution in [1.82, 2.24) is 21.1 Å². The number of halogens is 2. The molecule has 0 fully saturated rings. The molecule has 0 saturated heterocycles.